The molecule has 0 spiro atoms. The summed E-state index contributed by atoms with van der Waals surface area (Å²) in [4.78, 5) is 0. The van der Waals surface area contributed by atoms with Gasteiger partial charge >= 0.3 is 5.51 Å². The van der Waals surface area contributed by atoms with Crippen molar-refractivity contribution >= 4 is 11.8 Å². The Kier molecular flexibility index (Phi) is 5.69. The lowest BCUT2D eigenvalue weighted by atomic mass is 10.4. The summed E-state index contributed by atoms with van der Waals surface area (Å²) in [5.74, 6) is -0.0176. The van der Waals surface area contributed by atoms with E-state index in [0.717, 1.165) is 0 Å². The van der Waals surface area contributed by atoms with Crippen molar-refractivity contribution in [3.05, 3.63) is 0 Å². The van der Waals surface area contributed by atoms with E-state index >= 15 is 0 Å². The third-order valence-electron chi connectivity index (χ3n) is 0.984. The fourth-order valence-corrected chi connectivity index (χ4v) is 1.03. The highest BCUT2D eigenvalue weighted by molar-refractivity contribution is 8.00. The Bertz CT molecular complexity index is 118. The Balaban J connectivity index is 3.12. The second kappa shape index (κ2) is 5.66. The van der Waals surface area contributed by atoms with Crippen LogP contribution in [-0.4, -0.2) is 35.6 Å². The summed E-state index contributed by atoms with van der Waals surface area (Å²) < 4.78 is 34.6. The number of hydrogen-bond acceptors (Lipinski definition) is 3. The van der Waals surface area contributed by atoms with Gasteiger partial charge in [0.05, 0.1) is 6.10 Å². The van der Waals surface area contributed by atoms with Gasteiger partial charge in [0.25, 0.3) is 0 Å². The quantitative estimate of drug-likeness (QED) is 0.659. The first-order valence-electron chi connectivity index (χ1n) is 3.51. The molecule has 0 aliphatic rings. The van der Waals surface area contributed by atoms with Crippen LogP contribution in [0.25, 0.3) is 0 Å². The maximum atomic E-state index is 11.5. The Labute approximate surface area is 73.5 Å². The molecule has 0 aromatic rings. The molecule has 0 saturated carbocycles. The summed E-state index contributed by atoms with van der Waals surface area (Å²) in [6.07, 6.45) is -0.513. The Morgan fingerprint density at radius 3 is 2.50 bits per heavy atom. The molecule has 0 aliphatic heterocycles. The van der Waals surface area contributed by atoms with Gasteiger partial charge in [-0.1, -0.05) is 0 Å². The van der Waals surface area contributed by atoms with Crippen molar-refractivity contribution in [2.75, 3.05) is 18.8 Å². The van der Waals surface area contributed by atoms with Crippen LogP contribution in [-0.2, 0) is 0 Å². The molecule has 0 fully saturated rings. The van der Waals surface area contributed by atoms with E-state index in [9.17, 15) is 13.2 Å². The summed E-state index contributed by atoms with van der Waals surface area (Å²) in [7, 11) is 0. The number of aliphatic hydroxyl groups is 1. The fraction of sp³-hybridized carbons (Fsp3) is 1.00. The van der Waals surface area contributed by atoms with Gasteiger partial charge in [0, 0.05) is 18.8 Å². The average molecular weight is 203 g/mol. The number of hydrogen-bond donors (Lipinski definition) is 2. The van der Waals surface area contributed by atoms with Crippen molar-refractivity contribution in [1.82, 2.24) is 5.32 Å². The van der Waals surface area contributed by atoms with E-state index in [0.29, 0.717) is 6.54 Å². The average Bonchev–Trinajstić information content (AvgIpc) is 1.83. The van der Waals surface area contributed by atoms with E-state index in [2.05, 4.69) is 5.32 Å². The third kappa shape index (κ3) is 10.1. The van der Waals surface area contributed by atoms with Crippen LogP contribution in [0.4, 0.5) is 13.2 Å². The molecule has 0 amide bonds. The van der Waals surface area contributed by atoms with Crippen LogP contribution in [0.3, 0.4) is 0 Å². The summed E-state index contributed by atoms with van der Waals surface area (Å²) >= 11 is -0.0589. The van der Waals surface area contributed by atoms with Gasteiger partial charge in [0.2, 0.25) is 0 Å². The van der Waals surface area contributed by atoms with Gasteiger partial charge in [-0.3, -0.25) is 0 Å². The van der Waals surface area contributed by atoms with Gasteiger partial charge in [-0.2, -0.15) is 13.2 Å². The van der Waals surface area contributed by atoms with Crippen LogP contribution in [0.5, 0.6) is 0 Å². The van der Waals surface area contributed by atoms with E-state index in [1.165, 1.54) is 0 Å². The van der Waals surface area contributed by atoms with Crippen molar-refractivity contribution in [1.29, 1.82) is 0 Å². The van der Waals surface area contributed by atoms with Crippen LogP contribution in [0.2, 0.25) is 0 Å². The number of halogens is 3. The predicted octanol–water partition coefficient (Wildman–Crippen LogP) is 1.21. The fourth-order valence-electron chi connectivity index (χ4n) is 0.550. The molecule has 74 valence electrons. The SMILES string of the molecule is C[C@@H](O)CNCCSC(F)(F)F. The van der Waals surface area contributed by atoms with Gasteiger partial charge in [-0.15, -0.1) is 0 Å². The van der Waals surface area contributed by atoms with Crippen LogP contribution in [0, 0.1) is 0 Å². The minimum atomic E-state index is -4.15. The lowest BCUT2D eigenvalue weighted by Gasteiger charge is -2.07. The lowest BCUT2D eigenvalue weighted by molar-refractivity contribution is -0.0327. The summed E-state index contributed by atoms with van der Waals surface area (Å²) in [5.41, 5.74) is -4.15. The van der Waals surface area contributed by atoms with Gasteiger partial charge in [0.1, 0.15) is 0 Å². The molecular formula is C6H12F3NOS. The third-order valence-corrected chi connectivity index (χ3v) is 1.72. The van der Waals surface area contributed by atoms with Crippen molar-refractivity contribution in [2.24, 2.45) is 0 Å². The molecule has 12 heavy (non-hydrogen) atoms. The van der Waals surface area contributed by atoms with Crippen LogP contribution < -0.4 is 5.32 Å². The number of alkyl halides is 3. The van der Waals surface area contributed by atoms with Crippen LogP contribution in [0.15, 0.2) is 0 Å². The largest absolute Gasteiger partial charge is 0.441 e. The molecule has 0 aromatic carbocycles. The van der Waals surface area contributed by atoms with E-state index in [1.807, 2.05) is 0 Å². The Hall–Kier alpha value is 0.0600. The molecule has 1 atom stereocenters. The minimum Gasteiger partial charge on any atom is -0.392 e. The predicted molar refractivity (Wildman–Crippen MR) is 43.1 cm³/mol. The molecule has 0 bridgehead atoms. The van der Waals surface area contributed by atoms with Crippen LogP contribution in [0.1, 0.15) is 6.92 Å². The number of nitrogens with one attached hydrogen (secondary N) is 1. The number of aliphatic hydroxyl groups excluding tert-OH is 1. The normalized spacial score (nSPS) is 14.8. The smallest absolute Gasteiger partial charge is 0.392 e. The minimum absolute atomic E-state index is 0.0176. The van der Waals surface area contributed by atoms with Crippen molar-refractivity contribution < 1.29 is 18.3 Å². The topological polar surface area (TPSA) is 32.3 Å². The zero-order valence-corrected chi connectivity index (χ0v) is 7.50. The zero-order chi connectivity index (χ0) is 9.61. The molecule has 0 aliphatic carbocycles. The van der Waals surface area contributed by atoms with Gasteiger partial charge < -0.3 is 10.4 Å². The maximum Gasteiger partial charge on any atom is 0.441 e. The van der Waals surface area contributed by atoms with Crippen molar-refractivity contribution in [3.63, 3.8) is 0 Å². The first-order chi connectivity index (χ1) is 5.42. The standard InChI is InChI=1S/C6H12F3NOS/c1-5(11)4-10-2-3-12-6(7,8)9/h5,10-11H,2-4H2,1H3/t5-/m1/s1. The van der Waals surface area contributed by atoms with Crippen LogP contribution >= 0.6 is 11.8 Å². The maximum absolute atomic E-state index is 11.5. The van der Waals surface area contributed by atoms with Gasteiger partial charge in [-0.05, 0) is 18.7 Å². The molecule has 0 unspecified atom stereocenters. The lowest BCUT2D eigenvalue weighted by Crippen LogP contribution is -2.26. The molecule has 0 aromatic heterocycles. The van der Waals surface area contributed by atoms with E-state index in [-0.39, 0.29) is 24.1 Å². The highest BCUT2D eigenvalue weighted by Crippen LogP contribution is 2.29. The van der Waals surface area contributed by atoms with Gasteiger partial charge in [-0.25, -0.2) is 0 Å². The highest BCUT2D eigenvalue weighted by Gasteiger charge is 2.27. The van der Waals surface area contributed by atoms with Crippen molar-refractivity contribution in [3.8, 4) is 0 Å². The highest BCUT2D eigenvalue weighted by atomic mass is 32.2. The molecule has 2 N–H and O–H groups in total. The van der Waals surface area contributed by atoms with E-state index in [1.54, 1.807) is 6.92 Å². The molecule has 2 nitrogen and oxygen atoms in total. The molecule has 0 saturated heterocycles. The summed E-state index contributed by atoms with van der Waals surface area (Å²) in [6, 6.07) is 0. The zero-order valence-electron chi connectivity index (χ0n) is 6.69. The van der Waals surface area contributed by atoms with E-state index in [4.69, 9.17) is 5.11 Å². The van der Waals surface area contributed by atoms with Crippen molar-refractivity contribution in [2.45, 2.75) is 18.5 Å². The molecular weight excluding hydrogens is 191 g/mol. The molecule has 6 heteroatoms. The Morgan fingerprint density at radius 2 is 2.08 bits per heavy atom. The molecule has 0 radical (unpaired) electrons. The summed E-state index contributed by atoms with van der Waals surface area (Å²) in [5, 5.41) is 11.4. The number of rotatable bonds is 5. The molecule has 0 rings (SSSR count). The Morgan fingerprint density at radius 1 is 1.50 bits per heavy atom. The number of thioether (sulfide) groups is 1. The second-order valence-corrected chi connectivity index (χ2v) is 3.51. The molecule has 0 heterocycles. The summed E-state index contributed by atoms with van der Waals surface area (Å²) in [6.45, 7) is 2.16. The van der Waals surface area contributed by atoms with E-state index < -0.39 is 11.6 Å². The first kappa shape index (κ1) is 12.1. The first-order valence-corrected chi connectivity index (χ1v) is 4.50. The second-order valence-electron chi connectivity index (χ2n) is 2.35. The van der Waals surface area contributed by atoms with Gasteiger partial charge in [0.15, 0.2) is 0 Å². The monoisotopic (exact) mass is 203 g/mol.